The number of aromatic nitrogens is 2. The van der Waals surface area contributed by atoms with Crippen molar-refractivity contribution < 1.29 is 24.0 Å². The maximum Gasteiger partial charge on any atom is 0.326 e. The van der Waals surface area contributed by atoms with Crippen molar-refractivity contribution in [3.05, 3.63) is 41.5 Å². The van der Waals surface area contributed by atoms with E-state index in [4.69, 9.17) is 14.4 Å². The number of carboxylic acid groups (broad SMARTS) is 1. The summed E-state index contributed by atoms with van der Waals surface area (Å²) < 4.78 is 10.5. The molecule has 0 saturated heterocycles. The van der Waals surface area contributed by atoms with Crippen LogP contribution in [-0.2, 0) is 17.8 Å². The van der Waals surface area contributed by atoms with Gasteiger partial charge in [-0.05, 0) is 30.2 Å². The van der Waals surface area contributed by atoms with Gasteiger partial charge in [-0.3, -0.25) is 4.79 Å². The van der Waals surface area contributed by atoms with E-state index < -0.39 is 17.9 Å². The Bertz CT molecular complexity index is 724. The zero-order valence-corrected chi connectivity index (χ0v) is 14.4. The number of aliphatic carboxylic acids is 1. The molecule has 0 unspecified atom stereocenters. The van der Waals surface area contributed by atoms with E-state index in [2.05, 4.69) is 15.5 Å². The van der Waals surface area contributed by atoms with Crippen molar-refractivity contribution in [3.63, 3.8) is 0 Å². The van der Waals surface area contributed by atoms with Gasteiger partial charge in [-0.1, -0.05) is 25.9 Å². The van der Waals surface area contributed by atoms with Gasteiger partial charge in [0.05, 0.1) is 0 Å². The zero-order chi connectivity index (χ0) is 18.4. The van der Waals surface area contributed by atoms with Crippen LogP contribution in [0.5, 0.6) is 5.75 Å². The van der Waals surface area contributed by atoms with E-state index >= 15 is 0 Å². The van der Waals surface area contributed by atoms with Crippen LogP contribution in [-0.4, -0.2) is 33.2 Å². The summed E-state index contributed by atoms with van der Waals surface area (Å²) in [6.45, 7) is 5.54. The zero-order valence-electron chi connectivity index (χ0n) is 14.4. The van der Waals surface area contributed by atoms with Crippen molar-refractivity contribution >= 4 is 11.9 Å². The van der Waals surface area contributed by atoms with Gasteiger partial charge in [0.1, 0.15) is 11.8 Å². The van der Waals surface area contributed by atoms with Gasteiger partial charge >= 0.3 is 5.97 Å². The standard InChI is InChI=1S/C17H21N3O5/c1-4-14-18-13(20-25-14)9-24-12-7-5-11(6-8-12)16(21)19-15(10(2)3)17(22)23/h5-8,10,15H,4,9H2,1-3H3,(H,19,21)(H,22,23)/t15-/m0/s1. The van der Waals surface area contributed by atoms with Crippen LogP contribution in [0.2, 0.25) is 0 Å². The summed E-state index contributed by atoms with van der Waals surface area (Å²) in [7, 11) is 0. The summed E-state index contributed by atoms with van der Waals surface area (Å²) in [5.74, 6) is -0.193. The number of carboxylic acids is 1. The second-order valence-electron chi connectivity index (χ2n) is 5.80. The second kappa shape index (κ2) is 8.27. The molecule has 0 bridgehead atoms. The van der Waals surface area contributed by atoms with E-state index in [0.717, 1.165) is 0 Å². The van der Waals surface area contributed by atoms with Crippen molar-refractivity contribution in [1.82, 2.24) is 15.5 Å². The number of carbonyl (C=O) groups is 2. The first-order chi connectivity index (χ1) is 11.9. The number of nitrogens with one attached hydrogen (secondary N) is 1. The Kier molecular flexibility index (Phi) is 6.10. The smallest absolute Gasteiger partial charge is 0.326 e. The lowest BCUT2D eigenvalue weighted by Crippen LogP contribution is -2.44. The van der Waals surface area contributed by atoms with E-state index in [9.17, 15) is 9.59 Å². The topological polar surface area (TPSA) is 115 Å². The van der Waals surface area contributed by atoms with Gasteiger partial charge in [-0.15, -0.1) is 0 Å². The van der Waals surface area contributed by atoms with E-state index in [0.29, 0.717) is 29.4 Å². The van der Waals surface area contributed by atoms with Crippen molar-refractivity contribution in [2.75, 3.05) is 0 Å². The molecule has 1 atom stereocenters. The first kappa shape index (κ1) is 18.4. The third-order valence-electron chi connectivity index (χ3n) is 3.52. The minimum absolute atomic E-state index is 0.156. The minimum Gasteiger partial charge on any atom is -0.485 e. The molecular weight excluding hydrogens is 326 g/mol. The molecule has 1 aromatic carbocycles. The molecule has 8 nitrogen and oxygen atoms in total. The van der Waals surface area contributed by atoms with Crippen LogP contribution in [0.1, 0.15) is 42.8 Å². The monoisotopic (exact) mass is 347 g/mol. The Labute approximate surface area is 145 Å². The third-order valence-corrected chi connectivity index (χ3v) is 3.52. The quantitative estimate of drug-likeness (QED) is 0.751. The van der Waals surface area contributed by atoms with Crippen LogP contribution in [0.3, 0.4) is 0 Å². The number of nitrogens with zero attached hydrogens (tertiary/aromatic N) is 2. The number of aryl methyl sites for hydroxylation is 1. The van der Waals surface area contributed by atoms with Crippen LogP contribution < -0.4 is 10.1 Å². The highest BCUT2D eigenvalue weighted by Crippen LogP contribution is 2.14. The molecule has 0 fully saturated rings. The molecule has 2 N–H and O–H groups in total. The highest BCUT2D eigenvalue weighted by Gasteiger charge is 2.23. The molecule has 134 valence electrons. The Morgan fingerprint density at radius 1 is 1.28 bits per heavy atom. The van der Waals surface area contributed by atoms with E-state index in [1.165, 1.54) is 0 Å². The lowest BCUT2D eigenvalue weighted by Gasteiger charge is -2.17. The Hall–Kier alpha value is -2.90. The number of benzene rings is 1. The molecule has 0 radical (unpaired) electrons. The van der Waals surface area contributed by atoms with Crippen LogP contribution in [0.25, 0.3) is 0 Å². The normalized spacial score (nSPS) is 12.0. The van der Waals surface area contributed by atoms with Crippen LogP contribution in [0.4, 0.5) is 0 Å². The number of ether oxygens (including phenoxy) is 1. The summed E-state index contributed by atoms with van der Waals surface area (Å²) in [5, 5.41) is 15.4. The highest BCUT2D eigenvalue weighted by atomic mass is 16.5. The molecule has 1 aromatic heterocycles. The molecule has 2 aromatic rings. The molecule has 0 aliphatic rings. The number of carbonyl (C=O) groups excluding carboxylic acids is 1. The van der Waals surface area contributed by atoms with Crippen LogP contribution >= 0.6 is 0 Å². The largest absolute Gasteiger partial charge is 0.485 e. The van der Waals surface area contributed by atoms with Gasteiger partial charge < -0.3 is 19.7 Å². The van der Waals surface area contributed by atoms with Crippen LogP contribution in [0, 0.1) is 5.92 Å². The summed E-state index contributed by atoms with van der Waals surface area (Å²) >= 11 is 0. The molecule has 0 spiro atoms. The van der Waals surface area contributed by atoms with E-state index in [1.807, 2.05) is 6.92 Å². The summed E-state index contributed by atoms with van der Waals surface area (Å²) in [4.78, 5) is 27.4. The molecule has 1 amide bonds. The maximum atomic E-state index is 12.1. The molecular formula is C17H21N3O5. The average molecular weight is 347 g/mol. The summed E-state index contributed by atoms with van der Waals surface area (Å²) in [5.41, 5.74) is 0.354. The fourth-order valence-corrected chi connectivity index (χ4v) is 2.08. The first-order valence-electron chi connectivity index (χ1n) is 7.98. The van der Waals surface area contributed by atoms with Crippen molar-refractivity contribution in [3.8, 4) is 5.75 Å². The molecule has 0 aliphatic carbocycles. The molecule has 0 saturated carbocycles. The predicted octanol–water partition coefficient (Wildman–Crippen LogP) is 2.05. The molecule has 2 rings (SSSR count). The summed E-state index contributed by atoms with van der Waals surface area (Å²) in [6.07, 6.45) is 0.657. The van der Waals surface area contributed by atoms with Crippen LogP contribution in [0.15, 0.2) is 28.8 Å². The van der Waals surface area contributed by atoms with E-state index in [1.54, 1.807) is 38.1 Å². The fraction of sp³-hybridized carbons (Fsp3) is 0.412. The average Bonchev–Trinajstić information content (AvgIpc) is 3.05. The number of hydrogen-bond acceptors (Lipinski definition) is 6. The highest BCUT2D eigenvalue weighted by molar-refractivity contribution is 5.96. The fourth-order valence-electron chi connectivity index (χ4n) is 2.08. The Morgan fingerprint density at radius 2 is 1.96 bits per heavy atom. The van der Waals surface area contributed by atoms with Crippen molar-refractivity contribution in [2.45, 2.75) is 39.8 Å². The lowest BCUT2D eigenvalue weighted by atomic mass is 10.0. The van der Waals surface area contributed by atoms with Gasteiger partial charge in [0, 0.05) is 12.0 Å². The molecule has 1 heterocycles. The van der Waals surface area contributed by atoms with E-state index in [-0.39, 0.29) is 12.5 Å². The number of hydrogen-bond donors (Lipinski definition) is 2. The van der Waals surface area contributed by atoms with Gasteiger partial charge in [-0.2, -0.15) is 4.98 Å². The SMILES string of the molecule is CCc1nc(COc2ccc(C(=O)N[C@H](C(=O)O)C(C)C)cc2)no1. The third kappa shape index (κ3) is 5.03. The van der Waals surface area contributed by atoms with Gasteiger partial charge in [0.15, 0.2) is 6.61 Å². The molecule has 8 heteroatoms. The molecule has 25 heavy (non-hydrogen) atoms. The number of rotatable bonds is 8. The van der Waals surface area contributed by atoms with Crippen molar-refractivity contribution in [2.24, 2.45) is 5.92 Å². The lowest BCUT2D eigenvalue weighted by molar-refractivity contribution is -0.140. The predicted molar refractivity (Wildman–Crippen MR) is 88.2 cm³/mol. The maximum absolute atomic E-state index is 12.1. The summed E-state index contributed by atoms with van der Waals surface area (Å²) in [6, 6.07) is 5.45. The second-order valence-corrected chi connectivity index (χ2v) is 5.80. The van der Waals surface area contributed by atoms with Gasteiger partial charge in [-0.25, -0.2) is 4.79 Å². The minimum atomic E-state index is -1.06. The molecule has 0 aliphatic heterocycles. The Balaban J connectivity index is 1.94. The Morgan fingerprint density at radius 3 is 2.48 bits per heavy atom. The first-order valence-corrected chi connectivity index (χ1v) is 7.98. The van der Waals surface area contributed by atoms with Crippen molar-refractivity contribution in [1.29, 1.82) is 0 Å². The van der Waals surface area contributed by atoms with Gasteiger partial charge in [0.25, 0.3) is 5.91 Å². The van der Waals surface area contributed by atoms with Gasteiger partial charge in [0.2, 0.25) is 11.7 Å². The number of amides is 1.